The van der Waals surface area contributed by atoms with E-state index >= 15 is 0 Å². The Morgan fingerprint density at radius 3 is 2.65 bits per heavy atom. The molecule has 0 bridgehead atoms. The van der Waals surface area contributed by atoms with Crippen LogP contribution in [0.15, 0.2) is 24.3 Å². The highest BCUT2D eigenvalue weighted by Gasteiger charge is 2.12. The SMILES string of the molecule is O=C(NCCC[NH+]1CCOCC1)Nc1ccc(Cl)cc1. The van der Waals surface area contributed by atoms with Gasteiger partial charge in [0.2, 0.25) is 0 Å². The fourth-order valence-corrected chi connectivity index (χ4v) is 2.28. The van der Waals surface area contributed by atoms with Crippen molar-refractivity contribution >= 4 is 23.3 Å². The van der Waals surface area contributed by atoms with Crippen LogP contribution in [-0.2, 0) is 4.74 Å². The van der Waals surface area contributed by atoms with Gasteiger partial charge in [-0.2, -0.15) is 0 Å². The first kappa shape index (κ1) is 15.1. The van der Waals surface area contributed by atoms with Crippen LogP contribution < -0.4 is 15.5 Å². The molecule has 2 rings (SSSR count). The number of ether oxygens (including phenoxy) is 1. The lowest BCUT2D eigenvalue weighted by Crippen LogP contribution is -3.14. The van der Waals surface area contributed by atoms with Crippen LogP contribution >= 0.6 is 11.6 Å². The van der Waals surface area contributed by atoms with E-state index < -0.39 is 0 Å². The summed E-state index contributed by atoms with van der Waals surface area (Å²) in [5.74, 6) is 0. The number of hydrogen-bond donors (Lipinski definition) is 3. The Morgan fingerprint density at radius 1 is 1.25 bits per heavy atom. The van der Waals surface area contributed by atoms with Gasteiger partial charge in [0.05, 0.1) is 19.8 Å². The zero-order valence-electron chi connectivity index (χ0n) is 11.5. The molecule has 1 aromatic rings. The molecule has 1 saturated heterocycles. The van der Waals surface area contributed by atoms with E-state index in [0.29, 0.717) is 11.6 Å². The van der Waals surface area contributed by atoms with E-state index in [1.165, 1.54) is 0 Å². The minimum absolute atomic E-state index is 0.177. The van der Waals surface area contributed by atoms with Crippen molar-refractivity contribution in [1.29, 1.82) is 0 Å². The van der Waals surface area contributed by atoms with Gasteiger partial charge in [-0.1, -0.05) is 11.6 Å². The molecule has 0 saturated carbocycles. The number of carbonyl (C=O) groups is 1. The Hall–Kier alpha value is -1.30. The fraction of sp³-hybridized carbons (Fsp3) is 0.500. The number of halogens is 1. The molecule has 0 spiro atoms. The summed E-state index contributed by atoms with van der Waals surface area (Å²) in [6.07, 6.45) is 0.976. The van der Waals surface area contributed by atoms with Gasteiger partial charge in [-0.3, -0.25) is 0 Å². The highest BCUT2D eigenvalue weighted by molar-refractivity contribution is 6.30. The zero-order chi connectivity index (χ0) is 14.2. The second-order valence-electron chi connectivity index (χ2n) is 4.85. The largest absolute Gasteiger partial charge is 0.370 e. The van der Waals surface area contributed by atoms with Crippen molar-refractivity contribution in [1.82, 2.24) is 5.32 Å². The van der Waals surface area contributed by atoms with Crippen LogP contribution in [0.3, 0.4) is 0 Å². The van der Waals surface area contributed by atoms with Crippen LogP contribution in [0.4, 0.5) is 10.5 Å². The molecule has 2 amide bonds. The second-order valence-corrected chi connectivity index (χ2v) is 5.29. The van der Waals surface area contributed by atoms with Gasteiger partial charge in [-0.25, -0.2) is 4.79 Å². The van der Waals surface area contributed by atoms with Gasteiger partial charge >= 0.3 is 6.03 Å². The molecule has 5 nitrogen and oxygen atoms in total. The summed E-state index contributed by atoms with van der Waals surface area (Å²) in [6.45, 7) is 5.59. The molecule has 110 valence electrons. The van der Waals surface area contributed by atoms with E-state index in [-0.39, 0.29) is 6.03 Å². The van der Waals surface area contributed by atoms with Crippen LogP contribution in [0.5, 0.6) is 0 Å². The van der Waals surface area contributed by atoms with Crippen molar-refractivity contribution in [3.63, 3.8) is 0 Å². The smallest absolute Gasteiger partial charge is 0.319 e. The normalized spacial score (nSPS) is 15.8. The molecule has 3 N–H and O–H groups in total. The van der Waals surface area contributed by atoms with Crippen molar-refractivity contribution in [2.75, 3.05) is 44.7 Å². The van der Waals surface area contributed by atoms with Crippen LogP contribution in [-0.4, -0.2) is 45.4 Å². The number of nitrogens with one attached hydrogen (secondary N) is 3. The standard InChI is InChI=1S/C14H20ClN3O2/c15-12-2-4-13(5-3-12)17-14(19)16-6-1-7-18-8-10-20-11-9-18/h2-5H,1,6-11H2,(H2,16,17,19)/p+1. The van der Waals surface area contributed by atoms with Crippen molar-refractivity contribution in [3.05, 3.63) is 29.3 Å². The van der Waals surface area contributed by atoms with Crippen LogP contribution in [0, 0.1) is 0 Å². The Kier molecular flexibility index (Phi) is 6.11. The molecule has 1 fully saturated rings. The van der Waals surface area contributed by atoms with Crippen LogP contribution in [0.25, 0.3) is 0 Å². The van der Waals surface area contributed by atoms with E-state index in [4.69, 9.17) is 16.3 Å². The zero-order valence-corrected chi connectivity index (χ0v) is 12.2. The lowest BCUT2D eigenvalue weighted by molar-refractivity contribution is -0.908. The summed E-state index contributed by atoms with van der Waals surface area (Å²) >= 11 is 5.78. The Balaban J connectivity index is 1.59. The van der Waals surface area contributed by atoms with Crippen molar-refractivity contribution in [3.8, 4) is 0 Å². The summed E-state index contributed by atoms with van der Waals surface area (Å²) in [7, 11) is 0. The molecule has 1 heterocycles. The quantitative estimate of drug-likeness (QED) is 0.703. The van der Waals surface area contributed by atoms with Gasteiger partial charge in [-0.15, -0.1) is 0 Å². The number of urea groups is 1. The third kappa shape index (κ3) is 5.36. The van der Waals surface area contributed by atoms with Crippen LogP contribution in [0.2, 0.25) is 5.02 Å². The summed E-state index contributed by atoms with van der Waals surface area (Å²) in [4.78, 5) is 13.2. The van der Waals surface area contributed by atoms with Gasteiger partial charge in [0.1, 0.15) is 13.1 Å². The van der Waals surface area contributed by atoms with Gasteiger partial charge in [0, 0.05) is 23.7 Å². The molecule has 0 radical (unpaired) electrons. The maximum atomic E-state index is 11.7. The predicted molar refractivity (Wildman–Crippen MR) is 79.5 cm³/mol. The van der Waals surface area contributed by atoms with Crippen LogP contribution in [0.1, 0.15) is 6.42 Å². The summed E-state index contributed by atoms with van der Waals surface area (Å²) in [6, 6.07) is 6.88. The van der Waals surface area contributed by atoms with Gasteiger partial charge < -0.3 is 20.3 Å². The lowest BCUT2D eigenvalue weighted by Gasteiger charge is -2.23. The molecule has 20 heavy (non-hydrogen) atoms. The summed E-state index contributed by atoms with van der Waals surface area (Å²) < 4.78 is 5.31. The molecule has 0 aromatic heterocycles. The number of morpholine rings is 1. The second kappa shape index (κ2) is 8.09. The maximum Gasteiger partial charge on any atom is 0.319 e. The Morgan fingerprint density at radius 2 is 1.95 bits per heavy atom. The number of benzene rings is 1. The molecule has 0 aliphatic carbocycles. The average molecular weight is 299 g/mol. The number of rotatable bonds is 5. The lowest BCUT2D eigenvalue weighted by atomic mass is 10.3. The molecule has 0 atom stereocenters. The average Bonchev–Trinajstić information content (AvgIpc) is 2.47. The van der Waals surface area contributed by atoms with E-state index in [9.17, 15) is 4.79 Å². The predicted octanol–water partition coefficient (Wildman–Crippen LogP) is 0.767. The molecule has 1 aliphatic rings. The third-order valence-corrected chi connectivity index (χ3v) is 3.55. The molecule has 1 aromatic carbocycles. The molecular formula is C14H21ClN3O2+. The number of quaternary nitrogens is 1. The number of hydrogen-bond acceptors (Lipinski definition) is 2. The summed E-state index contributed by atoms with van der Waals surface area (Å²) in [5, 5.41) is 6.29. The Bertz CT molecular complexity index is 419. The van der Waals surface area contributed by atoms with Gasteiger partial charge in [-0.05, 0) is 24.3 Å². The first-order chi connectivity index (χ1) is 9.74. The summed E-state index contributed by atoms with van der Waals surface area (Å²) in [5.41, 5.74) is 0.741. The van der Waals surface area contributed by atoms with Crippen molar-refractivity contribution < 1.29 is 14.4 Å². The highest BCUT2D eigenvalue weighted by atomic mass is 35.5. The molecular weight excluding hydrogens is 278 g/mol. The van der Waals surface area contributed by atoms with Gasteiger partial charge in [0.15, 0.2) is 0 Å². The molecule has 1 aliphatic heterocycles. The number of anilines is 1. The van der Waals surface area contributed by atoms with E-state index in [2.05, 4.69) is 10.6 Å². The monoisotopic (exact) mass is 298 g/mol. The topological polar surface area (TPSA) is 54.8 Å². The minimum atomic E-state index is -0.177. The van der Waals surface area contributed by atoms with Gasteiger partial charge in [0.25, 0.3) is 0 Å². The fourth-order valence-electron chi connectivity index (χ4n) is 2.16. The molecule has 0 unspecified atom stereocenters. The number of carbonyl (C=O) groups excluding carboxylic acids is 1. The van der Waals surface area contributed by atoms with E-state index in [0.717, 1.165) is 45.0 Å². The Labute approximate surface area is 124 Å². The van der Waals surface area contributed by atoms with E-state index in [1.54, 1.807) is 29.2 Å². The van der Waals surface area contributed by atoms with E-state index in [1.807, 2.05) is 0 Å². The first-order valence-electron chi connectivity index (χ1n) is 6.96. The maximum absolute atomic E-state index is 11.7. The minimum Gasteiger partial charge on any atom is -0.370 e. The van der Waals surface area contributed by atoms with Crippen molar-refractivity contribution in [2.24, 2.45) is 0 Å². The first-order valence-corrected chi connectivity index (χ1v) is 7.33. The third-order valence-electron chi connectivity index (χ3n) is 3.29. The highest BCUT2D eigenvalue weighted by Crippen LogP contribution is 2.12. The molecule has 6 heteroatoms. The number of amides is 2. The van der Waals surface area contributed by atoms with Crippen molar-refractivity contribution in [2.45, 2.75) is 6.42 Å².